The summed E-state index contributed by atoms with van der Waals surface area (Å²) in [5, 5.41) is 3.99. The summed E-state index contributed by atoms with van der Waals surface area (Å²) in [5.74, 6) is 1.55. The fraction of sp³-hybridized carbons (Fsp3) is 0.474. The molecular weight excluding hydrogens is 350 g/mol. The highest BCUT2D eigenvalue weighted by Gasteiger charge is 2.49. The molecule has 26 heavy (non-hydrogen) atoms. The molecule has 1 atom stereocenters. The lowest BCUT2D eigenvalue weighted by molar-refractivity contribution is -0.123. The molecule has 1 unspecified atom stereocenters. The van der Waals surface area contributed by atoms with Crippen LogP contribution in [-0.4, -0.2) is 60.4 Å². The van der Waals surface area contributed by atoms with Crippen molar-refractivity contribution < 1.29 is 14.0 Å². The molecule has 2 aliphatic heterocycles. The second-order valence-electron chi connectivity index (χ2n) is 7.35. The molecule has 2 aliphatic rings. The number of thiophene rings is 1. The lowest BCUT2D eigenvalue weighted by atomic mass is 9.93. The minimum Gasteiger partial charge on any atom is -0.466 e. The van der Waals surface area contributed by atoms with E-state index in [1.807, 2.05) is 53.6 Å². The molecule has 7 heteroatoms. The average Bonchev–Trinajstić information content (AvgIpc) is 3.31. The van der Waals surface area contributed by atoms with Crippen molar-refractivity contribution in [3.63, 3.8) is 0 Å². The molecule has 0 aromatic carbocycles. The number of rotatable bonds is 2. The third kappa shape index (κ3) is 2.75. The van der Waals surface area contributed by atoms with E-state index in [4.69, 9.17) is 4.42 Å². The largest absolute Gasteiger partial charge is 0.466 e. The lowest BCUT2D eigenvalue weighted by Crippen LogP contribution is -2.64. The zero-order chi connectivity index (χ0) is 18.5. The number of carbonyl (C=O) groups is 2. The van der Waals surface area contributed by atoms with Gasteiger partial charge in [0.25, 0.3) is 5.91 Å². The number of nitrogens with zero attached hydrogens (tertiary/aromatic N) is 3. The number of aryl methyl sites for hydroxylation is 2. The minimum atomic E-state index is -0.196. The van der Waals surface area contributed by atoms with Gasteiger partial charge in [-0.3, -0.25) is 14.5 Å². The van der Waals surface area contributed by atoms with Crippen LogP contribution in [-0.2, 0) is 4.79 Å². The molecule has 0 saturated carbocycles. The van der Waals surface area contributed by atoms with Gasteiger partial charge in [0.2, 0.25) is 5.91 Å². The summed E-state index contributed by atoms with van der Waals surface area (Å²) < 4.78 is 5.52. The molecular formula is C19H23N3O3S. The first-order chi connectivity index (χ1) is 12.4. The van der Waals surface area contributed by atoms with Gasteiger partial charge in [0.05, 0.1) is 23.3 Å². The smallest absolute Gasteiger partial charge is 0.257 e. The maximum atomic E-state index is 13.0. The van der Waals surface area contributed by atoms with Crippen LogP contribution in [0.15, 0.2) is 27.3 Å². The van der Waals surface area contributed by atoms with Crippen molar-refractivity contribution in [3.05, 3.63) is 40.0 Å². The van der Waals surface area contributed by atoms with E-state index in [1.165, 1.54) is 0 Å². The minimum absolute atomic E-state index is 0.0172. The molecule has 0 N–H and O–H groups in total. The Morgan fingerprint density at radius 2 is 2.12 bits per heavy atom. The average molecular weight is 373 g/mol. The van der Waals surface area contributed by atoms with E-state index in [0.29, 0.717) is 37.5 Å². The summed E-state index contributed by atoms with van der Waals surface area (Å²) in [6.07, 6.45) is 0.860. The Kier molecular flexibility index (Phi) is 4.16. The third-order valence-electron chi connectivity index (χ3n) is 5.64. The molecule has 2 fully saturated rings. The first-order valence-corrected chi connectivity index (χ1v) is 9.74. The van der Waals surface area contributed by atoms with Crippen molar-refractivity contribution in [1.82, 2.24) is 9.80 Å². The van der Waals surface area contributed by atoms with Gasteiger partial charge < -0.3 is 14.2 Å². The Bertz CT molecular complexity index is 844. The van der Waals surface area contributed by atoms with Gasteiger partial charge in [0.15, 0.2) is 0 Å². The fourth-order valence-electron chi connectivity index (χ4n) is 4.09. The van der Waals surface area contributed by atoms with Crippen LogP contribution in [0.25, 0.3) is 0 Å². The summed E-state index contributed by atoms with van der Waals surface area (Å²) in [4.78, 5) is 31.4. The highest BCUT2D eigenvalue weighted by atomic mass is 32.1. The van der Waals surface area contributed by atoms with Gasteiger partial charge in [-0.15, -0.1) is 0 Å². The Balaban J connectivity index is 1.56. The van der Waals surface area contributed by atoms with Gasteiger partial charge in [0, 0.05) is 25.0 Å². The Hall–Kier alpha value is -2.12. The van der Waals surface area contributed by atoms with E-state index in [-0.39, 0.29) is 17.4 Å². The lowest BCUT2D eigenvalue weighted by Gasteiger charge is -2.46. The van der Waals surface area contributed by atoms with Crippen molar-refractivity contribution in [2.45, 2.75) is 25.8 Å². The summed E-state index contributed by atoms with van der Waals surface area (Å²) in [5.41, 5.74) is 1.40. The Labute approximate surface area is 157 Å². The molecule has 1 spiro atoms. The topological polar surface area (TPSA) is 57.0 Å². The molecule has 0 radical (unpaired) electrons. The van der Waals surface area contributed by atoms with Crippen LogP contribution >= 0.6 is 11.3 Å². The van der Waals surface area contributed by atoms with E-state index < -0.39 is 0 Å². The van der Waals surface area contributed by atoms with Crippen LogP contribution in [0.5, 0.6) is 0 Å². The van der Waals surface area contributed by atoms with Gasteiger partial charge in [-0.05, 0) is 44.8 Å². The Morgan fingerprint density at radius 1 is 1.31 bits per heavy atom. The molecule has 138 valence electrons. The van der Waals surface area contributed by atoms with Crippen molar-refractivity contribution >= 4 is 28.8 Å². The van der Waals surface area contributed by atoms with Gasteiger partial charge in [-0.1, -0.05) is 0 Å². The van der Waals surface area contributed by atoms with Gasteiger partial charge >= 0.3 is 0 Å². The molecule has 2 aromatic heterocycles. The standard InChI is InChI=1S/C19H23N3O3S/c1-13-8-16(14(2)25-13)18(24)21-6-5-19(11-21)12-22(15-4-7-26-10-15)17(23)9-20(19)3/h4,7-8,10H,5-6,9,11-12H2,1-3H3. The fourth-order valence-corrected chi connectivity index (χ4v) is 4.73. The quantitative estimate of drug-likeness (QED) is 0.812. The van der Waals surface area contributed by atoms with E-state index in [2.05, 4.69) is 4.90 Å². The second kappa shape index (κ2) is 6.25. The van der Waals surface area contributed by atoms with Crippen molar-refractivity contribution in [3.8, 4) is 0 Å². The number of carbonyl (C=O) groups excluding carboxylic acids is 2. The molecule has 4 rings (SSSR count). The van der Waals surface area contributed by atoms with Crippen LogP contribution < -0.4 is 4.90 Å². The van der Waals surface area contributed by atoms with E-state index in [9.17, 15) is 9.59 Å². The first-order valence-electron chi connectivity index (χ1n) is 8.80. The highest BCUT2D eigenvalue weighted by Crippen LogP contribution is 2.35. The molecule has 2 amide bonds. The van der Waals surface area contributed by atoms with E-state index >= 15 is 0 Å². The van der Waals surface area contributed by atoms with Gasteiger partial charge in [-0.2, -0.15) is 11.3 Å². The van der Waals surface area contributed by atoms with Gasteiger partial charge in [0.1, 0.15) is 11.5 Å². The van der Waals surface area contributed by atoms with Crippen molar-refractivity contribution in [2.24, 2.45) is 0 Å². The third-order valence-corrected chi connectivity index (χ3v) is 6.32. The molecule has 4 heterocycles. The number of hydrogen-bond acceptors (Lipinski definition) is 5. The predicted octanol–water partition coefficient (Wildman–Crippen LogP) is 2.52. The number of likely N-dealkylation sites (tertiary alicyclic amines) is 1. The van der Waals surface area contributed by atoms with Crippen LogP contribution in [0.3, 0.4) is 0 Å². The summed E-state index contributed by atoms with van der Waals surface area (Å²) in [6.45, 7) is 6.00. The van der Waals surface area contributed by atoms with Crippen LogP contribution in [0.4, 0.5) is 5.69 Å². The van der Waals surface area contributed by atoms with E-state index in [0.717, 1.165) is 17.9 Å². The van der Waals surface area contributed by atoms with Crippen LogP contribution in [0.2, 0.25) is 0 Å². The molecule has 0 aliphatic carbocycles. The van der Waals surface area contributed by atoms with Crippen LogP contribution in [0, 0.1) is 13.8 Å². The van der Waals surface area contributed by atoms with Crippen molar-refractivity contribution in [2.75, 3.05) is 38.1 Å². The summed E-state index contributed by atoms with van der Waals surface area (Å²) in [7, 11) is 1.99. The van der Waals surface area contributed by atoms with Crippen molar-refractivity contribution in [1.29, 1.82) is 0 Å². The summed E-state index contributed by atoms with van der Waals surface area (Å²) in [6, 6.07) is 3.80. The predicted molar refractivity (Wildman–Crippen MR) is 101 cm³/mol. The number of furan rings is 1. The number of anilines is 1. The number of amides is 2. The maximum absolute atomic E-state index is 13.0. The number of likely N-dealkylation sites (N-methyl/N-ethyl adjacent to an activating group) is 1. The normalized spacial score (nSPS) is 24.0. The second-order valence-corrected chi connectivity index (χ2v) is 8.13. The van der Waals surface area contributed by atoms with Crippen LogP contribution in [0.1, 0.15) is 28.3 Å². The zero-order valence-electron chi connectivity index (χ0n) is 15.3. The summed E-state index contributed by atoms with van der Waals surface area (Å²) >= 11 is 1.59. The zero-order valence-corrected chi connectivity index (χ0v) is 16.1. The molecule has 6 nitrogen and oxygen atoms in total. The number of hydrogen-bond donors (Lipinski definition) is 0. The van der Waals surface area contributed by atoms with E-state index in [1.54, 1.807) is 11.3 Å². The number of piperazine rings is 1. The first kappa shape index (κ1) is 17.3. The van der Waals surface area contributed by atoms with Gasteiger partial charge in [-0.25, -0.2) is 0 Å². The Morgan fingerprint density at radius 3 is 2.77 bits per heavy atom. The molecule has 0 bridgehead atoms. The highest BCUT2D eigenvalue weighted by molar-refractivity contribution is 7.08. The SMILES string of the molecule is Cc1cc(C(=O)N2CCC3(C2)CN(c2ccsc2)C(=O)CN3C)c(C)o1. The molecule has 2 aromatic rings. The molecule has 2 saturated heterocycles. The maximum Gasteiger partial charge on any atom is 0.257 e. The monoisotopic (exact) mass is 373 g/mol.